The lowest BCUT2D eigenvalue weighted by Crippen LogP contribution is -2.30. The van der Waals surface area contributed by atoms with Crippen LogP contribution in [0.3, 0.4) is 0 Å². The maximum Gasteiger partial charge on any atom is 0.234 e. The van der Waals surface area contributed by atoms with Crippen LogP contribution in [0.2, 0.25) is 0 Å². The maximum absolute atomic E-state index is 12.4. The molecule has 0 aliphatic heterocycles. The maximum atomic E-state index is 12.4. The van der Waals surface area contributed by atoms with Gasteiger partial charge in [-0.25, -0.2) is 4.98 Å². The van der Waals surface area contributed by atoms with E-state index in [2.05, 4.69) is 66.5 Å². The van der Waals surface area contributed by atoms with E-state index < -0.39 is 0 Å². The lowest BCUT2D eigenvalue weighted by atomic mass is 10.2. The highest BCUT2D eigenvalue weighted by molar-refractivity contribution is 7.99. The Kier molecular flexibility index (Phi) is 8.42. The molecule has 2 aromatic rings. The van der Waals surface area contributed by atoms with Crippen molar-refractivity contribution in [3.63, 3.8) is 0 Å². The summed E-state index contributed by atoms with van der Waals surface area (Å²) in [6, 6.07) is 8.52. The highest BCUT2D eigenvalue weighted by Crippen LogP contribution is 2.23. The molecule has 2 rings (SSSR count). The highest BCUT2D eigenvalue weighted by atomic mass is 32.2. The van der Waals surface area contributed by atoms with Gasteiger partial charge in [-0.05, 0) is 65.3 Å². The zero-order chi connectivity index (χ0) is 20.7. The van der Waals surface area contributed by atoms with Gasteiger partial charge in [-0.2, -0.15) is 0 Å². The molecule has 0 fully saturated rings. The second kappa shape index (κ2) is 10.6. The molecule has 0 atom stereocenters. The van der Waals surface area contributed by atoms with Crippen LogP contribution in [0.25, 0.3) is 0 Å². The molecule has 0 unspecified atom stereocenters. The Hall–Kier alpha value is -1.95. The summed E-state index contributed by atoms with van der Waals surface area (Å²) in [4.78, 5) is 19.4. The number of aromatic nitrogens is 2. The quantitative estimate of drug-likeness (QED) is 0.550. The predicted molar refractivity (Wildman–Crippen MR) is 121 cm³/mol. The molecule has 1 N–H and O–H groups in total. The fraction of sp³-hybridized carbons (Fsp3) is 0.545. The van der Waals surface area contributed by atoms with Crippen molar-refractivity contribution < 1.29 is 4.79 Å². The molecule has 1 aromatic heterocycles. The minimum absolute atomic E-state index is 0.00527. The van der Waals surface area contributed by atoms with Crippen molar-refractivity contribution in [1.29, 1.82) is 0 Å². The summed E-state index contributed by atoms with van der Waals surface area (Å²) in [6.45, 7) is 14.8. The number of amides is 1. The number of carbonyl (C=O) groups excluding carboxylic acids is 1. The van der Waals surface area contributed by atoms with Gasteiger partial charge in [0, 0.05) is 36.2 Å². The molecule has 28 heavy (non-hydrogen) atoms. The molecule has 0 saturated heterocycles. The number of hydrogen-bond donors (Lipinski definition) is 1. The smallest absolute Gasteiger partial charge is 0.234 e. The van der Waals surface area contributed by atoms with E-state index in [1.807, 2.05) is 19.1 Å². The second-order valence-corrected chi connectivity index (χ2v) is 8.28. The number of benzene rings is 1. The van der Waals surface area contributed by atoms with Gasteiger partial charge in [0.15, 0.2) is 5.16 Å². The van der Waals surface area contributed by atoms with Crippen molar-refractivity contribution in [3.8, 4) is 0 Å². The van der Waals surface area contributed by atoms with E-state index in [1.165, 1.54) is 23.1 Å². The summed E-state index contributed by atoms with van der Waals surface area (Å²) in [5, 5.41) is 3.93. The van der Waals surface area contributed by atoms with Crippen molar-refractivity contribution in [2.75, 3.05) is 22.5 Å². The topological polar surface area (TPSA) is 50.2 Å². The van der Waals surface area contributed by atoms with Gasteiger partial charge in [0.2, 0.25) is 5.91 Å². The Morgan fingerprint density at radius 3 is 2.46 bits per heavy atom. The van der Waals surface area contributed by atoms with Crippen LogP contribution in [0.5, 0.6) is 0 Å². The molecule has 0 saturated carbocycles. The van der Waals surface area contributed by atoms with Gasteiger partial charge >= 0.3 is 0 Å². The molecule has 0 bridgehead atoms. The largest absolute Gasteiger partial charge is 0.369 e. The van der Waals surface area contributed by atoms with Crippen LogP contribution < -0.4 is 10.2 Å². The van der Waals surface area contributed by atoms with Crippen molar-refractivity contribution >= 4 is 29.0 Å². The first-order chi connectivity index (χ1) is 13.4. The molecule has 0 aliphatic rings. The van der Waals surface area contributed by atoms with Gasteiger partial charge in [0.25, 0.3) is 0 Å². The molecule has 0 radical (unpaired) electrons. The molecule has 1 heterocycles. The lowest BCUT2D eigenvalue weighted by molar-refractivity contribution is -0.113. The fourth-order valence-corrected chi connectivity index (χ4v) is 4.14. The van der Waals surface area contributed by atoms with Gasteiger partial charge in [-0.1, -0.05) is 25.1 Å². The van der Waals surface area contributed by atoms with Crippen LogP contribution in [0.4, 0.5) is 11.4 Å². The number of thioether (sulfide) groups is 1. The molecule has 5 nitrogen and oxygen atoms in total. The summed E-state index contributed by atoms with van der Waals surface area (Å²) in [7, 11) is 0. The van der Waals surface area contributed by atoms with Crippen LogP contribution in [0, 0.1) is 13.8 Å². The molecule has 1 amide bonds. The first kappa shape index (κ1) is 22.3. The highest BCUT2D eigenvalue weighted by Gasteiger charge is 2.13. The van der Waals surface area contributed by atoms with E-state index in [-0.39, 0.29) is 5.91 Å². The predicted octanol–water partition coefficient (Wildman–Crippen LogP) is 5.27. The van der Waals surface area contributed by atoms with E-state index >= 15 is 0 Å². The first-order valence-corrected chi connectivity index (χ1v) is 11.2. The van der Waals surface area contributed by atoms with E-state index in [9.17, 15) is 4.79 Å². The number of rotatable bonds is 10. The van der Waals surface area contributed by atoms with Crippen molar-refractivity contribution in [3.05, 3.63) is 35.7 Å². The minimum atomic E-state index is -0.00527. The number of nitrogens with one attached hydrogen (secondary N) is 1. The number of imidazole rings is 1. The fourth-order valence-electron chi connectivity index (χ4n) is 3.22. The van der Waals surface area contributed by atoms with Crippen LogP contribution in [-0.2, 0) is 11.3 Å². The zero-order valence-electron chi connectivity index (χ0n) is 18.1. The third-order valence-electron chi connectivity index (χ3n) is 4.94. The Balaban J connectivity index is 1.95. The third kappa shape index (κ3) is 5.77. The zero-order valence-corrected chi connectivity index (χ0v) is 18.9. The number of carbonyl (C=O) groups is 1. The molecule has 154 valence electrons. The Bertz CT molecular complexity index is 768. The summed E-state index contributed by atoms with van der Waals surface area (Å²) in [6.07, 6.45) is 2.26. The minimum Gasteiger partial charge on any atom is -0.369 e. The Morgan fingerprint density at radius 2 is 1.89 bits per heavy atom. The molecular formula is C22H34N4OS. The summed E-state index contributed by atoms with van der Waals surface area (Å²) in [5.41, 5.74) is 4.24. The SMILES string of the molecule is CCCCn1c(SCC(=O)Nc2ccc(N(CC)C(C)C)cc2)nc(C)c1C. The number of unbranched alkanes of at least 4 members (excludes halogenated alkanes) is 1. The van der Waals surface area contributed by atoms with Gasteiger partial charge in [0.05, 0.1) is 11.4 Å². The molecule has 6 heteroatoms. The van der Waals surface area contributed by atoms with Gasteiger partial charge in [0.1, 0.15) is 0 Å². The average Bonchev–Trinajstić information content (AvgIpc) is 2.93. The number of aryl methyl sites for hydroxylation is 1. The second-order valence-electron chi connectivity index (χ2n) is 7.33. The lowest BCUT2D eigenvalue weighted by Gasteiger charge is -2.27. The third-order valence-corrected chi connectivity index (χ3v) is 5.91. The molecule has 1 aromatic carbocycles. The van der Waals surface area contributed by atoms with E-state index in [0.717, 1.165) is 42.5 Å². The van der Waals surface area contributed by atoms with Crippen LogP contribution in [-0.4, -0.2) is 33.8 Å². The standard InChI is InChI=1S/C22H34N4OS/c1-7-9-14-26-18(6)17(5)23-22(26)28-15-21(27)24-19-10-12-20(13-11-19)25(8-2)16(3)4/h10-13,16H,7-9,14-15H2,1-6H3,(H,24,27). The Labute approximate surface area is 173 Å². The van der Waals surface area contributed by atoms with Crippen molar-refractivity contribution in [2.45, 2.75) is 72.1 Å². The van der Waals surface area contributed by atoms with Crippen molar-refractivity contribution in [2.24, 2.45) is 0 Å². The molecule has 0 aliphatic carbocycles. The van der Waals surface area contributed by atoms with Crippen LogP contribution in [0.1, 0.15) is 51.9 Å². The number of anilines is 2. The monoisotopic (exact) mass is 402 g/mol. The van der Waals surface area contributed by atoms with E-state index in [1.54, 1.807) is 0 Å². The average molecular weight is 403 g/mol. The number of hydrogen-bond acceptors (Lipinski definition) is 4. The van der Waals surface area contributed by atoms with Crippen LogP contribution in [0.15, 0.2) is 29.4 Å². The molecular weight excluding hydrogens is 368 g/mol. The normalized spacial score (nSPS) is 11.1. The molecule has 0 spiro atoms. The Morgan fingerprint density at radius 1 is 1.21 bits per heavy atom. The van der Waals surface area contributed by atoms with Gasteiger partial charge < -0.3 is 14.8 Å². The summed E-state index contributed by atoms with van der Waals surface area (Å²) < 4.78 is 2.23. The van der Waals surface area contributed by atoms with Gasteiger partial charge in [-0.15, -0.1) is 0 Å². The summed E-state index contributed by atoms with van der Waals surface area (Å²) in [5.74, 6) is 0.353. The first-order valence-electron chi connectivity index (χ1n) is 10.2. The van der Waals surface area contributed by atoms with Gasteiger partial charge in [-0.3, -0.25) is 4.79 Å². The number of nitrogens with zero attached hydrogens (tertiary/aromatic N) is 3. The van der Waals surface area contributed by atoms with E-state index in [4.69, 9.17) is 0 Å². The van der Waals surface area contributed by atoms with E-state index in [0.29, 0.717) is 11.8 Å². The van der Waals surface area contributed by atoms with Crippen LogP contribution >= 0.6 is 11.8 Å². The van der Waals surface area contributed by atoms with Crippen molar-refractivity contribution in [1.82, 2.24) is 9.55 Å². The summed E-state index contributed by atoms with van der Waals surface area (Å²) >= 11 is 1.51.